The van der Waals surface area contributed by atoms with Gasteiger partial charge in [-0.3, -0.25) is 34.2 Å². The molecule has 1 N–H and O–H groups in total. The molecule has 3 amide bonds. The van der Waals surface area contributed by atoms with Crippen LogP contribution in [-0.4, -0.2) is 52.7 Å². The summed E-state index contributed by atoms with van der Waals surface area (Å²) in [5.74, 6) is -2.75. The van der Waals surface area contributed by atoms with E-state index in [2.05, 4.69) is 5.32 Å². The summed E-state index contributed by atoms with van der Waals surface area (Å²) in [7, 11) is 0. The summed E-state index contributed by atoms with van der Waals surface area (Å²) < 4.78 is 4.81. The molecule has 0 unspecified atom stereocenters. The molecule has 1 aromatic carbocycles. The molecule has 0 aromatic heterocycles. The van der Waals surface area contributed by atoms with Crippen LogP contribution in [-0.2, 0) is 14.3 Å². The topological polar surface area (TPSA) is 136 Å². The standard InChI is InChI=1S/C17H19N3O7/c1-3-10(2)18-13(21)9-27-14(22)7-8-19-16(23)11-5-4-6-12(20(25)26)15(11)17(19)24/h4-6,10H,3,7-9H2,1-2H3,(H,18,21)/t10-/m0/s1. The molecule has 10 nitrogen and oxygen atoms in total. The Morgan fingerprint density at radius 3 is 2.63 bits per heavy atom. The van der Waals surface area contributed by atoms with E-state index >= 15 is 0 Å². The van der Waals surface area contributed by atoms with Crippen molar-refractivity contribution in [3.8, 4) is 0 Å². The van der Waals surface area contributed by atoms with E-state index in [0.717, 1.165) is 17.4 Å². The van der Waals surface area contributed by atoms with Crippen LogP contribution in [0.4, 0.5) is 5.69 Å². The smallest absolute Gasteiger partial charge is 0.308 e. The Hall–Kier alpha value is -3.30. The average Bonchev–Trinajstić information content (AvgIpc) is 2.88. The first kappa shape index (κ1) is 20.0. The normalized spacial score (nSPS) is 13.9. The fraction of sp³-hybridized carbons (Fsp3) is 0.412. The van der Waals surface area contributed by atoms with Gasteiger partial charge in [0.25, 0.3) is 23.4 Å². The van der Waals surface area contributed by atoms with Gasteiger partial charge in [0, 0.05) is 18.7 Å². The molecule has 0 fully saturated rings. The number of carbonyl (C=O) groups is 4. The van der Waals surface area contributed by atoms with Crippen LogP contribution < -0.4 is 5.32 Å². The number of esters is 1. The minimum absolute atomic E-state index is 0.0506. The van der Waals surface area contributed by atoms with Gasteiger partial charge in [-0.2, -0.15) is 0 Å². The number of hydrogen-bond acceptors (Lipinski definition) is 7. The molecular formula is C17H19N3O7. The number of rotatable bonds is 8. The minimum Gasteiger partial charge on any atom is -0.456 e. The van der Waals surface area contributed by atoms with Gasteiger partial charge in [0.2, 0.25) is 0 Å². The zero-order chi connectivity index (χ0) is 20.1. The summed E-state index contributed by atoms with van der Waals surface area (Å²) in [6.45, 7) is 2.94. The van der Waals surface area contributed by atoms with E-state index in [4.69, 9.17) is 4.74 Å². The van der Waals surface area contributed by atoms with E-state index in [1.807, 2.05) is 6.92 Å². The first-order valence-electron chi connectivity index (χ1n) is 8.34. The summed E-state index contributed by atoms with van der Waals surface area (Å²) in [4.78, 5) is 59.0. The van der Waals surface area contributed by atoms with Gasteiger partial charge in [-0.1, -0.05) is 13.0 Å². The van der Waals surface area contributed by atoms with Crippen LogP contribution in [0.3, 0.4) is 0 Å². The highest BCUT2D eigenvalue weighted by Crippen LogP contribution is 2.30. The van der Waals surface area contributed by atoms with Gasteiger partial charge in [0.1, 0.15) is 5.56 Å². The fourth-order valence-corrected chi connectivity index (χ4v) is 2.51. The number of nitrogens with zero attached hydrogens (tertiary/aromatic N) is 2. The van der Waals surface area contributed by atoms with Gasteiger partial charge in [-0.05, 0) is 19.4 Å². The van der Waals surface area contributed by atoms with E-state index in [0.29, 0.717) is 0 Å². The molecule has 27 heavy (non-hydrogen) atoms. The van der Waals surface area contributed by atoms with Crippen LogP contribution >= 0.6 is 0 Å². The van der Waals surface area contributed by atoms with Gasteiger partial charge in [0.15, 0.2) is 6.61 Å². The average molecular weight is 377 g/mol. The van der Waals surface area contributed by atoms with Crippen molar-refractivity contribution in [3.63, 3.8) is 0 Å². The largest absolute Gasteiger partial charge is 0.456 e. The van der Waals surface area contributed by atoms with Crippen LogP contribution in [0, 0.1) is 10.1 Å². The monoisotopic (exact) mass is 377 g/mol. The van der Waals surface area contributed by atoms with E-state index < -0.39 is 40.9 Å². The molecule has 0 spiro atoms. The number of nitro groups is 1. The number of ether oxygens (including phenoxy) is 1. The Labute approximate surface area is 154 Å². The lowest BCUT2D eigenvalue weighted by molar-refractivity contribution is -0.385. The van der Waals surface area contributed by atoms with Crippen LogP contribution in [0.2, 0.25) is 0 Å². The van der Waals surface area contributed by atoms with Crippen LogP contribution in [0.5, 0.6) is 0 Å². The predicted molar refractivity (Wildman–Crippen MR) is 91.9 cm³/mol. The molecule has 1 aliphatic heterocycles. The SMILES string of the molecule is CC[C@H](C)NC(=O)COC(=O)CCN1C(=O)c2cccc([N+](=O)[O-])c2C1=O. The van der Waals surface area contributed by atoms with E-state index in [1.54, 1.807) is 6.92 Å². The van der Waals surface area contributed by atoms with Crippen molar-refractivity contribution in [2.45, 2.75) is 32.7 Å². The Bertz CT molecular complexity index is 806. The number of carbonyl (C=O) groups excluding carboxylic acids is 4. The zero-order valence-electron chi connectivity index (χ0n) is 14.9. The van der Waals surface area contributed by atoms with Crippen LogP contribution in [0.25, 0.3) is 0 Å². The predicted octanol–water partition coefficient (Wildman–Crippen LogP) is 1.04. The molecule has 10 heteroatoms. The maximum Gasteiger partial charge on any atom is 0.308 e. The van der Waals surface area contributed by atoms with Gasteiger partial charge >= 0.3 is 5.97 Å². The first-order chi connectivity index (χ1) is 12.8. The molecule has 0 radical (unpaired) electrons. The second-order valence-electron chi connectivity index (χ2n) is 6.01. The van der Waals surface area contributed by atoms with Crippen LogP contribution in [0.15, 0.2) is 18.2 Å². The molecule has 1 atom stereocenters. The Morgan fingerprint density at radius 1 is 1.30 bits per heavy atom. The summed E-state index contributed by atoms with van der Waals surface area (Å²) in [5.41, 5.74) is -0.818. The van der Waals surface area contributed by atoms with Crippen molar-refractivity contribution < 1.29 is 28.8 Å². The number of benzene rings is 1. The molecular weight excluding hydrogens is 358 g/mol. The maximum atomic E-state index is 12.3. The number of imide groups is 1. The maximum absolute atomic E-state index is 12.3. The van der Waals surface area contributed by atoms with Gasteiger partial charge in [-0.15, -0.1) is 0 Å². The molecule has 0 saturated carbocycles. The number of amides is 3. The second kappa shape index (κ2) is 8.39. The van der Waals surface area contributed by atoms with Crippen molar-refractivity contribution in [1.82, 2.24) is 10.2 Å². The Kier molecular flexibility index (Phi) is 6.22. The van der Waals surface area contributed by atoms with Crippen molar-refractivity contribution in [2.24, 2.45) is 0 Å². The number of nitrogens with one attached hydrogen (secondary N) is 1. The Morgan fingerprint density at radius 2 is 2.00 bits per heavy atom. The molecule has 1 aliphatic rings. The van der Waals surface area contributed by atoms with Gasteiger partial charge in [-0.25, -0.2) is 0 Å². The number of hydrogen-bond donors (Lipinski definition) is 1. The third-order valence-electron chi connectivity index (χ3n) is 4.10. The van der Waals surface area contributed by atoms with E-state index in [9.17, 15) is 29.3 Å². The lowest BCUT2D eigenvalue weighted by atomic mass is 10.1. The Balaban J connectivity index is 1.93. The highest BCUT2D eigenvalue weighted by molar-refractivity contribution is 6.23. The summed E-state index contributed by atoms with van der Waals surface area (Å²) in [5, 5.41) is 13.7. The fourth-order valence-electron chi connectivity index (χ4n) is 2.51. The molecule has 144 valence electrons. The summed E-state index contributed by atoms with van der Waals surface area (Å²) >= 11 is 0. The molecule has 0 bridgehead atoms. The van der Waals surface area contributed by atoms with Crippen molar-refractivity contribution in [2.75, 3.05) is 13.2 Å². The van der Waals surface area contributed by atoms with Crippen molar-refractivity contribution in [3.05, 3.63) is 39.4 Å². The molecule has 0 saturated heterocycles. The number of fused-ring (bicyclic) bond motifs is 1. The molecule has 1 heterocycles. The van der Waals surface area contributed by atoms with Gasteiger partial charge in [0.05, 0.1) is 16.9 Å². The lowest BCUT2D eigenvalue weighted by Gasteiger charge is -2.14. The van der Waals surface area contributed by atoms with Crippen molar-refractivity contribution >= 4 is 29.4 Å². The highest BCUT2D eigenvalue weighted by Gasteiger charge is 2.40. The lowest BCUT2D eigenvalue weighted by Crippen LogP contribution is -2.36. The van der Waals surface area contributed by atoms with E-state index in [1.165, 1.54) is 12.1 Å². The quantitative estimate of drug-likeness (QED) is 0.309. The third kappa shape index (κ3) is 4.46. The highest BCUT2D eigenvalue weighted by atomic mass is 16.6. The minimum atomic E-state index is -0.829. The number of nitro benzene ring substituents is 1. The van der Waals surface area contributed by atoms with Crippen molar-refractivity contribution in [1.29, 1.82) is 0 Å². The van der Waals surface area contributed by atoms with Gasteiger partial charge < -0.3 is 10.1 Å². The first-order valence-corrected chi connectivity index (χ1v) is 8.34. The second-order valence-corrected chi connectivity index (χ2v) is 6.01. The third-order valence-corrected chi connectivity index (χ3v) is 4.10. The molecule has 1 aromatic rings. The zero-order valence-corrected chi connectivity index (χ0v) is 14.9. The molecule has 2 rings (SSSR count). The summed E-state index contributed by atoms with van der Waals surface area (Å²) in [6, 6.07) is 3.72. The molecule has 0 aliphatic carbocycles. The summed E-state index contributed by atoms with van der Waals surface area (Å²) in [6.07, 6.45) is 0.404. The van der Waals surface area contributed by atoms with Crippen LogP contribution in [0.1, 0.15) is 47.4 Å². The van der Waals surface area contributed by atoms with E-state index in [-0.39, 0.29) is 30.1 Å².